The van der Waals surface area contributed by atoms with E-state index in [1.54, 1.807) is 17.5 Å². The first kappa shape index (κ1) is 22.4. The molecule has 0 radical (unpaired) electrons. The van der Waals surface area contributed by atoms with Gasteiger partial charge in [0.2, 0.25) is 0 Å². The van der Waals surface area contributed by atoms with Crippen LogP contribution in [0.25, 0.3) is 11.4 Å². The van der Waals surface area contributed by atoms with Crippen LogP contribution in [-0.2, 0) is 6.42 Å². The minimum absolute atomic E-state index is 0. The van der Waals surface area contributed by atoms with E-state index in [1.807, 2.05) is 35.8 Å². The summed E-state index contributed by atoms with van der Waals surface area (Å²) in [7, 11) is 0. The van der Waals surface area contributed by atoms with Crippen LogP contribution in [0, 0.1) is 0 Å². The lowest BCUT2D eigenvalue weighted by atomic mass is 10.1. The first-order chi connectivity index (χ1) is 11.8. The highest BCUT2D eigenvalue weighted by molar-refractivity contribution is 7.14. The first-order valence-corrected chi connectivity index (χ1v) is 9.32. The Bertz CT molecular complexity index is 748. The molecule has 4 nitrogen and oxygen atoms in total. The predicted octanol–water partition coefficient (Wildman–Crippen LogP) is 6.31. The molecule has 0 aliphatic heterocycles. The van der Waals surface area contributed by atoms with Gasteiger partial charge in [-0.05, 0) is 36.6 Å². The monoisotopic (exact) mass is 410 g/mol. The molecular weight excluding hydrogens is 387 g/mol. The molecule has 0 bridgehead atoms. The van der Waals surface area contributed by atoms with Crippen molar-refractivity contribution in [3.05, 3.63) is 53.7 Å². The molecule has 26 heavy (non-hydrogen) atoms. The van der Waals surface area contributed by atoms with Crippen LogP contribution in [0.5, 0.6) is 0 Å². The van der Waals surface area contributed by atoms with Gasteiger partial charge in [0.1, 0.15) is 11.5 Å². The number of pyridine rings is 2. The van der Waals surface area contributed by atoms with Crippen molar-refractivity contribution in [1.82, 2.24) is 15.0 Å². The summed E-state index contributed by atoms with van der Waals surface area (Å²) in [6.45, 7) is 2.24. The second kappa shape index (κ2) is 11.8. The van der Waals surface area contributed by atoms with E-state index in [0.717, 1.165) is 28.8 Å². The molecule has 0 saturated carbocycles. The zero-order valence-corrected chi connectivity index (χ0v) is 17.2. The predicted molar refractivity (Wildman–Crippen MR) is 115 cm³/mol. The molecule has 7 heteroatoms. The molecule has 0 aromatic carbocycles. The van der Waals surface area contributed by atoms with Gasteiger partial charge in [-0.2, -0.15) is 0 Å². The third-order valence-corrected chi connectivity index (χ3v) is 4.57. The molecule has 3 aromatic heterocycles. The Morgan fingerprint density at radius 2 is 1.85 bits per heavy atom. The van der Waals surface area contributed by atoms with Gasteiger partial charge in [0, 0.05) is 17.8 Å². The number of hydrogen-bond donors (Lipinski definition) is 1. The molecule has 0 amide bonds. The summed E-state index contributed by atoms with van der Waals surface area (Å²) in [5, 5.41) is 6.11. The Balaban J connectivity index is 0.00000169. The second-order valence-corrected chi connectivity index (χ2v) is 6.60. The summed E-state index contributed by atoms with van der Waals surface area (Å²) in [5.74, 6) is 0.828. The zero-order chi connectivity index (χ0) is 16.6. The van der Waals surface area contributed by atoms with E-state index in [-0.39, 0.29) is 24.8 Å². The van der Waals surface area contributed by atoms with Gasteiger partial charge < -0.3 is 5.32 Å². The highest BCUT2D eigenvalue weighted by Gasteiger charge is 2.06. The number of halogens is 2. The van der Waals surface area contributed by atoms with Crippen LogP contribution >= 0.6 is 36.2 Å². The first-order valence-electron chi connectivity index (χ1n) is 8.44. The number of hydrogen-bond acceptors (Lipinski definition) is 5. The van der Waals surface area contributed by atoms with Crippen molar-refractivity contribution in [2.75, 3.05) is 5.32 Å². The highest BCUT2D eigenvalue weighted by atomic mass is 35.5. The molecule has 140 valence electrons. The lowest BCUT2D eigenvalue weighted by molar-refractivity contribution is 0.666. The van der Waals surface area contributed by atoms with E-state index in [2.05, 4.69) is 33.3 Å². The summed E-state index contributed by atoms with van der Waals surface area (Å²) >= 11 is 1.56. The van der Waals surface area contributed by atoms with Gasteiger partial charge in [0.05, 0.1) is 5.69 Å². The van der Waals surface area contributed by atoms with Crippen molar-refractivity contribution in [2.24, 2.45) is 0 Å². The molecule has 1 N–H and O–H groups in total. The maximum absolute atomic E-state index is 4.57. The van der Waals surface area contributed by atoms with Gasteiger partial charge in [-0.15, -0.1) is 36.2 Å². The summed E-state index contributed by atoms with van der Waals surface area (Å²) in [6, 6.07) is 10.0. The number of aryl methyl sites for hydroxylation is 1. The minimum Gasteiger partial charge on any atom is -0.316 e. The molecule has 3 heterocycles. The van der Waals surface area contributed by atoms with Crippen LogP contribution in [0.2, 0.25) is 0 Å². The Kier molecular flexibility index (Phi) is 10.2. The van der Waals surface area contributed by atoms with Crippen LogP contribution in [0.15, 0.2) is 48.1 Å². The fourth-order valence-electron chi connectivity index (χ4n) is 2.47. The van der Waals surface area contributed by atoms with Gasteiger partial charge in [-0.3, -0.25) is 4.98 Å². The SMILES string of the molecule is CCCCCCc1ccc(Nc2nc(-c3ccccn3)cs2)nc1.Cl.Cl. The lowest BCUT2D eigenvalue weighted by Crippen LogP contribution is -1.94. The van der Waals surface area contributed by atoms with E-state index in [4.69, 9.17) is 0 Å². The van der Waals surface area contributed by atoms with Crippen molar-refractivity contribution < 1.29 is 0 Å². The quantitative estimate of drug-likeness (QED) is 0.441. The summed E-state index contributed by atoms with van der Waals surface area (Å²) < 4.78 is 0. The highest BCUT2D eigenvalue weighted by Crippen LogP contribution is 2.25. The molecule has 0 aliphatic rings. The fourth-order valence-corrected chi connectivity index (χ4v) is 3.19. The van der Waals surface area contributed by atoms with Crippen LogP contribution < -0.4 is 5.32 Å². The number of thiazole rings is 1. The molecule has 0 fully saturated rings. The Hall–Kier alpha value is -1.69. The van der Waals surface area contributed by atoms with Crippen molar-refractivity contribution in [1.29, 1.82) is 0 Å². The standard InChI is InChI=1S/C19H22N4S.2ClH/c1-2-3-4-5-8-15-10-11-18(21-13-15)23-19-22-17(14-24-19)16-9-6-7-12-20-16;;/h6-7,9-14H,2-5,8H2,1H3,(H,21,22,23);2*1H. The third kappa shape index (κ3) is 6.56. The number of nitrogens with zero attached hydrogens (tertiary/aromatic N) is 3. The summed E-state index contributed by atoms with van der Waals surface area (Å²) in [5.41, 5.74) is 3.07. The number of unbranched alkanes of at least 4 members (excludes halogenated alkanes) is 3. The topological polar surface area (TPSA) is 50.7 Å². The molecule has 0 unspecified atom stereocenters. The van der Waals surface area contributed by atoms with Crippen LogP contribution in [0.3, 0.4) is 0 Å². The number of nitrogens with one attached hydrogen (secondary N) is 1. The van der Waals surface area contributed by atoms with E-state index in [1.165, 1.54) is 31.2 Å². The third-order valence-electron chi connectivity index (χ3n) is 3.81. The summed E-state index contributed by atoms with van der Waals surface area (Å²) in [6.07, 6.45) is 9.97. The van der Waals surface area contributed by atoms with Crippen LogP contribution in [0.1, 0.15) is 38.2 Å². The number of rotatable bonds is 8. The maximum atomic E-state index is 4.57. The van der Waals surface area contributed by atoms with Crippen LogP contribution in [0.4, 0.5) is 10.9 Å². The molecule has 0 spiro atoms. The minimum atomic E-state index is 0. The van der Waals surface area contributed by atoms with Crippen LogP contribution in [-0.4, -0.2) is 15.0 Å². The molecular formula is C19H24Cl2N4S. The van der Waals surface area contributed by atoms with E-state index in [0.29, 0.717) is 0 Å². The Labute approximate surface area is 171 Å². The van der Waals surface area contributed by atoms with E-state index >= 15 is 0 Å². The van der Waals surface area contributed by atoms with Gasteiger partial charge in [0.15, 0.2) is 5.13 Å². The molecule has 3 rings (SSSR count). The van der Waals surface area contributed by atoms with Gasteiger partial charge in [-0.25, -0.2) is 9.97 Å². The van der Waals surface area contributed by atoms with Crippen molar-refractivity contribution in [3.63, 3.8) is 0 Å². The largest absolute Gasteiger partial charge is 0.316 e. The Morgan fingerprint density at radius 3 is 2.54 bits per heavy atom. The molecule has 0 aliphatic carbocycles. The smallest absolute Gasteiger partial charge is 0.188 e. The average molecular weight is 411 g/mol. The van der Waals surface area contributed by atoms with Gasteiger partial charge in [-0.1, -0.05) is 38.3 Å². The fraction of sp³-hybridized carbons (Fsp3) is 0.316. The van der Waals surface area contributed by atoms with Crippen molar-refractivity contribution in [3.8, 4) is 11.4 Å². The zero-order valence-electron chi connectivity index (χ0n) is 14.7. The Morgan fingerprint density at radius 1 is 0.962 bits per heavy atom. The normalized spacial score (nSPS) is 9.88. The van der Waals surface area contributed by atoms with E-state index in [9.17, 15) is 0 Å². The number of aromatic nitrogens is 3. The molecule has 0 saturated heterocycles. The maximum Gasteiger partial charge on any atom is 0.188 e. The van der Waals surface area contributed by atoms with Crippen molar-refractivity contribution >= 4 is 47.1 Å². The molecule has 3 aromatic rings. The second-order valence-electron chi connectivity index (χ2n) is 5.74. The molecule has 0 atom stereocenters. The average Bonchev–Trinajstić information content (AvgIpc) is 3.09. The van der Waals surface area contributed by atoms with Crippen molar-refractivity contribution in [2.45, 2.75) is 39.0 Å². The van der Waals surface area contributed by atoms with Gasteiger partial charge in [0.25, 0.3) is 0 Å². The number of anilines is 2. The van der Waals surface area contributed by atoms with E-state index < -0.39 is 0 Å². The lowest BCUT2D eigenvalue weighted by Gasteiger charge is -2.04. The summed E-state index contributed by atoms with van der Waals surface area (Å²) in [4.78, 5) is 13.4. The van der Waals surface area contributed by atoms with Gasteiger partial charge >= 0.3 is 0 Å².